The summed E-state index contributed by atoms with van der Waals surface area (Å²) in [5.74, 6) is 0. The van der Waals surface area contributed by atoms with E-state index in [9.17, 15) is 0 Å². The highest BCUT2D eigenvalue weighted by molar-refractivity contribution is 6.04. The number of fused-ring (bicyclic) bond motifs is 12. The van der Waals surface area contributed by atoms with E-state index in [1.807, 2.05) is 44.2 Å². The maximum atomic E-state index is 5.36. The number of para-hydroxylation sites is 6. The molecule has 0 amide bonds. The van der Waals surface area contributed by atoms with Crippen LogP contribution in [-0.4, -0.2) is 25.2 Å². The van der Waals surface area contributed by atoms with E-state index in [1.165, 1.54) is 88.1 Å². The minimum atomic E-state index is 0. The van der Waals surface area contributed by atoms with E-state index in [1.54, 1.807) is 0 Å². The number of benzene rings is 10. The second-order valence-corrected chi connectivity index (χ2v) is 23.7. The summed E-state index contributed by atoms with van der Waals surface area (Å²) in [6.07, 6.45) is 9.52. The average molecular weight is 1350 g/mol. The Labute approximate surface area is 569 Å². The monoisotopic (exact) mass is 1350 g/mol. The lowest BCUT2D eigenvalue weighted by Crippen LogP contribution is -3.00. The molecule has 10 aromatic carbocycles. The van der Waals surface area contributed by atoms with Gasteiger partial charge in [0.1, 0.15) is 25.4 Å². The molecule has 4 heterocycles. The van der Waals surface area contributed by atoms with Crippen LogP contribution in [0.15, 0.2) is 267 Å². The second-order valence-electron chi connectivity index (χ2n) is 23.7. The van der Waals surface area contributed by atoms with Crippen molar-refractivity contribution >= 4 is 66.1 Å². The van der Waals surface area contributed by atoms with Crippen molar-refractivity contribution in [2.24, 2.45) is 5.73 Å². The molecule has 2 aliphatic heterocycles. The van der Waals surface area contributed by atoms with Crippen LogP contribution in [0.3, 0.4) is 0 Å². The number of halogens is 2. The first kappa shape index (κ1) is 71.1. The maximum absolute atomic E-state index is 5.36. The lowest BCUT2D eigenvalue weighted by molar-refractivity contribution is -0.670. The first-order valence-electron chi connectivity index (χ1n) is 32.7. The molecule has 2 aliphatic rings. The van der Waals surface area contributed by atoms with Crippen molar-refractivity contribution in [3.63, 3.8) is 0 Å². The van der Waals surface area contributed by atoms with Crippen molar-refractivity contribution in [1.82, 2.24) is 5.32 Å². The number of rotatable bonds is 12. The van der Waals surface area contributed by atoms with E-state index in [4.69, 9.17) is 11.5 Å². The Morgan fingerprint density at radius 2 is 0.739 bits per heavy atom. The van der Waals surface area contributed by atoms with Crippen LogP contribution in [0.25, 0.3) is 65.6 Å². The first-order valence-corrected chi connectivity index (χ1v) is 32.7. The first-order chi connectivity index (χ1) is 44.0. The van der Waals surface area contributed by atoms with Gasteiger partial charge in [0.15, 0.2) is 12.4 Å². The molecule has 0 spiro atoms. The molecule has 2 atom stereocenters. The van der Waals surface area contributed by atoms with Gasteiger partial charge in [-0.3, -0.25) is 5.32 Å². The Bertz CT molecular complexity index is 4050. The summed E-state index contributed by atoms with van der Waals surface area (Å²) >= 11 is 0. The van der Waals surface area contributed by atoms with E-state index >= 15 is 0 Å². The summed E-state index contributed by atoms with van der Waals surface area (Å²) in [4.78, 5) is 5.00. The van der Waals surface area contributed by atoms with E-state index in [0.29, 0.717) is 12.1 Å². The highest BCUT2D eigenvalue weighted by Crippen LogP contribution is 2.46. The van der Waals surface area contributed by atoms with Crippen molar-refractivity contribution in [2.75, 3.05) is 33.9 Å². The number of nitrogens with zero attached hydrogens (tertiary/aromatic N) is 4. The molecule has 0 radical (unpaired) electrons. The van der Waals surface area contributed by atoms with Crippen molar-refractivity contribution < 1.29 is 43.1 Å². The Kier molecular flexibility index (Phi) is 27.8. The van der Waals surface area contributed by atoms with Gasteiger partial charge in [-0.05, 0) is 110 Å². The van der Waals surface area contributed by atoms with Crippen LogP contribution in [0.1, 0.15) is 105 Å². The zero-order chi connectivity index (χ0) is 63.2. The number of pyridine rings is 2. The van der Waals surface area contributed by atoms with Gasteiger partial charge in [-0.15, -0.1) is 0 Å². The van der Waals surface area contributed by atoms with E-state index < -0.39 is 0 Å². The van der Waals surface area contributed by atoms with Crippen molar-refractivity contribution in [3.05, 3.63) is 278 Å². The average Bonchev–Trinajstić information content (AvgIpc) is 0.785. The van der Waals surface area contributed by atoms with E-state index in [2.05, 4.69) is 308 Å². The number of hydrogen-bond donors (Lipinski definition) is 4. The van der Waals surface area contributed by atoms with Crippen LogP contribution >= 0.6 is 0 Å². The fourth-order valence-corrected chi connectivity index (χ4v) is 12.2. The van der Waals surface area contributed by atoms with Gasteiger partial charge in [-0.2, -0.15) is 9.13 Å². The van der Waals surface area contributed by atoms with Crippen LogP contribution in [0.4, 0.5) is 22.7 Å². The van der Waals surface area contributed by atoms with Gasteiger partial charge in [-0.25, -0.2) is 0 Å². The van der Waals surface area contributed by atoms with E-state index in [-0.39, 0.29) is 46.3 Å². The summed E-state index contributed by atoms with van der Waals surface area (Å²) in [5.41, 5.74) is 25.8. The summed E-state index contributed by atoms with van der Waals surface area (Å²) in [5, 5.41) is 15.5. The summed E-state index contributed by atoms with van der Waals surface area (Å²) in [7, 11) is 0. The fraction of sp³-hybridized carbons (Fsp3) is 0.244. The molecule has 0 saturated carbocycles. The van der Waals surface area contributed by atoms with E-state index in [0.717, 1.165) is 63.2 Å². The predicted molar refractivity (Wildman–Crippen MR) is 387 cm³/mol. The molecule has 14 rings (SSSR count). The third-order valence-electron chi connectivity index (χ3n) is 15.9. The third-order valence-corrected chi connectivity index (χ3v) is 15.9. The minimum Gasteiger partial charge on any atom is -1.00 e. The SMILES string of the molecule is CC(C)N.CCCN1c2ccccc2-c2ccccc2C1NC(C)C.CCCN1c2ccccc2-c2ccccc2C1Nc1ccccc1.CCC[n+]1cc2ccccc2c2ccccc21.CCC[n+]1cc2ccccc2c2ccccc21.Nc1ccccc1.[Br-].[Br-]. The van der Waals surface area contributed by atoms with Crippen LogP contribution in [0.2, 0.25) is 0 Å². The van der Waals surface area contributed by atoms with Crippen LogP contribution in [0.5, 0.6) is 0 Å². The normalized spacial score (nSPS) is 13.0. The molecule has 0 fully saturated rings. The Balaban J connectivity index is 0.000000165. The number of nitrogen functional groups attached to an aromatic ring is 1. The van der Waals surface area contributed by atoms with Crippen LogP contribution in [0, 0.1) is 0 Å². The highest BCUT2D eigenvalue weighted by Gasteiger charge is 2.32. The number of anilines is 4. The van der Waals surface area contributed by atoms with Crippen molar-refractivity contribution in [2.45, 2.75) is 119 Å². The topological polar surface area (TPSA) is 90.3 Å². The Morgan fingerprint density at radius 1 is 0.391 bits per heavy atom. The molecule has 12 aromatic rings. The van der Waals surface area contributed by atoms with Gasteiger partial charge in [0.2, 0.25) is 11.0 Å². The second kappa shape index (κ2) is 36.0. The van der Waals surface area contributed by atoms with Gasteiger partial charge < -0.3 is 60.5 Å². The number of nitrogens with two attached hydrogens (primary N) is 2. The van der Waals surface area contributed by atoms with Gasteiger partial charge >= 0.3 is 0 Å². The van der Waals surface area contributed by atoms with Gasteiger partial charge in [0, 0.05) is 105 Å². The van der Waals surface area contributed by atoms with Gasteiger partial charge in [-0.1, -0.05) is 224 Å². The van der Waals surface area contributed by atoms with Gasteiger partial charge in [0.05, 0.1) is 10.8 Å². The lowest BCUT2D eigenvalue weighted by Gasteiger charge is -2.41. The lowest BCUT2D eigenvalue weighted by atomic mass is 9.91. The zero-order valence-corrected chi connectivity index (χ0v) is 58.2. The molecule has 8 nitrogen and oxygen atoms in total. The maximum Gasteiger partial charge on any atom is 0.213 e. The minimum absolute atomic E-state index is 0. The smallest absolute Gasteiger partial charge is 0.213 e. The number of aryl methyl sites for hydroxylation is 2. The third kappa shape index (κ3) is 18.0. The molecule has 0 aliphatic carbocycles. The van der Waals surface area contributed by atoms with Crippen LogP contribution < -0.4 is 75.0 Å². The van der Waals surface area contributed by atoms with Gasteiger partial charge in [0.25, 0.3) is 0 Å². The molecule has 6 N–H and O–H groups in total. The quantitative estimate of drug-likeness (QED) is 0.0554. The molecule has 2 unspecified atom stereocenters. The molecule has 0 bridgehead atoms. The number of aromatic nitrogens is 2. The summed E-state index contributed by atoms with van der Waals surface area (Å²) in [6.45, 7) is 21.5. The summed E-state index contributed by atoms with van der Waals surface area (Å²) < 4.78 is 4.72. The largest absolute Gasteiger partial charge is 1.00 e. The molecule has 476 valence electrons. The highest BCUT2D eigenvalue weighted by atomic mass is 79.9. The van der Waals surface area contributed by atoms with Crippen molar-refractivity contribution in [3.8, 4) is 22.3 Å². The Hall–Kier alpha value is -8.38. The summed E-state index contributed by atoms with van der Waals surface area (Å²) in [6, 6.07) is 90.3. The molecule has 92 heavy (non-hydrogen) atoms. The molecule has 2 aromatic heterocycles. The fourth-order valence-electron chi connectivity index (χ4n) is 12.2. The number of nitrogens with one attached hydrogen (secondary N) is 2. The zero-order valence-electron chi connectivity index (χ0n) is 55.1. The molecule has 0 saturated heterocycles. The standard InChI is InChI=1S/C22H22N2.C19H24N2.2C16H16N.C6H7N.C3H9N.2BrH/c1-2-16-24-21-15-9-8-13-19(21)18-12-6-7-14-20(18)22(24)23-17-10-4-3-5-11-17;1-4-13-21-18-12-8-7-10-16(18)15-9-5-6-11-17(15)19(21)20-14(2)3;2*1-2-11-17-12-13-7-3-4-8-14(13)15-9-5-6-10-16(15)17;7-6-4-2-1-3-5-6;1-3(2)4;;/h3-15,22-23H,2,16H2,1H3;5-12,14,19-20H,4,13H2,1-3H3;2*3-10,12H,2,11H2,1H3;1-5H,7H2;3H,4H2,1-2H3;2*1H/q;;2*+1;;;;/p-2. The van der Waals surface area contributed by atoms with Crippen LogP contribution in [-0.2, 0) is 13.1 Å². The molecular weight excluding hydrogens is 1260 g/mol. The predicted octanol–water partition coefficient (Wildman–Crippen LogP) is 13.3. The number of hydrogen-bond acceptors (Lipinski definition) is 6. The molecular formula is C82H94Br2N8. The Morgan fingerprint density at radius 3 is 1.15 bits per heavy atom. The van der Waals surface area contributed by atoms with Crippen molar-refractivity contribution in [1.29, 1.82) is 0 Å². The molecule has 10 heteroatoms.